The minimum Gasteiger partial charge on any atom is -0.366 e. The predicted molar refractivity (Wildman–Crippen MR) is 68.8 cm³/mol. The fourth-order valence-electron chi connectivity index (χ4n) is 1.45. The first-order valence-corrected chi connectivity index (χ1v) is 7.38. The van der Waals surface area contributed by atoms with Crippen molar-refractivity contribution in [3.63, 3.8) is 0 Å². The summed E-state index contributed by atoms with van der Waals surface area (Å²) in [7, 11) is 0. The van der Waals surface area contributed by atoms with E-state index in [4.69, 9.17) is 0 Å². The maximum atomic E-state index is 13.6. The molecule has 1 aromatic rings. The summed E-state index contributed by atoms with van der Waals surface area (Å²) in [5, 5.41) is 3.61. The molecule has 1 unspecified atom stereocenters. The topological polar surface area (TPSA) is 37.8 Å². The molecular weight excluding hydrogens is 245 g/mol. The van der Waals surface area contributed by atoms with Crippen LogP contribution in [-0.2, 0) is 0 Å². The quantitative estimate of drug-likeness (QED) is 0.900. The van der Waals surface area contributed by atoms with Gasteiger partial charge >= 0.3 is 0 Å². The van der Waals surface area contributed by atoms with Crippen molar-refractivity contribution in [1.82, 2.24) is 9.97 Å². The van der Waals surface area contributed by atoms with E-state index in [1.54, 1.807) is 6.92 Å². The Balaban J connectivity index is 1.91. The van der Waals surface area contributed by atoms with Crippen molar-refractivity contribution in [1.29, 1.82) is 0 Å². The van der Waals surface area contributed by atoms with Crippen LogP contribution in [0.25, 0.3) is 0 Å². The molecule has 16 heavy (non-hydrogen) atoms. The lowest BCUT2D eigenvalue weighted by molar-refractivity contribution is 0.604. The molecule has 2 heterocycles. The van der Waals surface area contributed by atoms with Gasteiger partial charge in [-0.2, -0.15) is 23.5 Å². The van der Waals surface area contributed by atoms with Crippen LogP contribution < -0.4 is 5.32 Å². The number of thioether (sulfide) groups is 2. The highest BCUT2D eigenvalue weighted by molar-refractivity contribution is 8.06. The largest absolute Gasteiger partial charge is 0.366 e. The monoisotopic (exact) mass is 259 g/mol. The lowest BCUT2D eigenvalue weighted by Gasteiger charge is -2.21. The van der Waals surface area contributed by atoms with Gasteiger partial charge in [0.25, 0.3) is 0 Å². The second kappa shape index (κ2) is 5.72. The number of nitrogens with zero attached hydrogens (tertiary/aromatic N) is 2. The van der Waals surface area contributed by atoms with Gasteiger partial charge in [0.15, 0.2) is 11.6 Å². The molecule has 1 saturated heterocycles. The average Bonchev–Trinajstić information content (AvgIpc) is 2.32. The number of nitrogens with one attached hydrogen (secondary N) is 1. The van der Waals surface area contributed by atoms with E-state index in [0.29, 0.717) is 16.8 Å². The number of hydrogen-bond donors (Lipinski definition) is 1. The van der Waals surface area contributed by atoms with Crippen LogP contribution in [-0.4, -0.2) is 39.0 Å². The van der Waals surface area contributed by atoms with Crippen LogP contribution in [0, 0.1) is 12.7 Å². The highest BCUT2D eigenvalue weighted by atomic mass is 32.2. The van der Waals surface area contributed by atoms with E-state index < -0.39 is 0 Å². The third kappa shape index (κ3) is 3.01. The summed E-state index contributed by atoms with van der Waals surface area (Å²) >= 11 is 3.90. The molecule has 88 valence electrons. The Bertz CT molecular complexity index is 356. The first-order chi connectivity index (χ1) is 7.77. The van der Waals surface area contributed by atoms with Gasteiger partial charge in [-0.3, -0.25) is 0 Å². The van der Waals surface area contributed by atoms with Gasteiger partial charge in [0.2, 0.25) is 0 Å². The zero-order chi connectivity index (χ0) is 11.4. The Kier molecular flexibility index (Phi) is 4.29. The Hall–Kier alpha value is -0.490. The zero-order valence-corrected chi connectivity index (χ0v) is 10.7. The third-order valence-corrected chi connectivity index (χ3v) is 5.19. The van der Waals surface area contributed by atoms with Crippen LogP contribution in [0.15, 0.2) is 6.33 Å². The molecular formula is C10H14FN3S2. The predicted octanol–water partition coefficient (Wildman–Crippen LogP) is 2.18. The summed E-state index contributed by atoms with van der Waals surface area (Å²) < 4.78 is 13.6. The number of halogens is 1. The summed E-state index contributed by atoms with van der Waals surface area (Å²) in [6.07, 6.45) is 1.39. The molecule has 1 aliphatic rings. The van der Waals surface area contributed by atoms with Gasteiger partial charge in [-0.15, -0.1) is 0 Å². The molecule has 0 spiro atoms. The minimum atomic E-state index is -0.337. The molecule has 6 heteroatoms. The molecule has 3 nitrogen and oxygen atoms in total. The van der Waals surface area contributed by atoms with Crippen LogP contribution >= 0.6 is 23.5 Å². The van der Waals surface area contributed by atoms with Gasteiger partial charge in [0.05, 0.1) is 5.69 Å². The molecule has 0 aromatic carbocycles. The van der Waals surface area contributed by atoms with E-state index >= 15 is 0 Å². The smallest absolute Gasteiger partial charge is 0.186 e. The van der Waals surface area contributed by atoms with Crippen molar-refractivity contribution >= 4 is 29.3 Å². The lowest BCUT2D eigenvalue weighted by atomic mass is 10.4. The van der Waals surface area contributed by atoms with Gasteiger partial charge in [-0.05, 0) is 6.92 Å². The van der Waals surface area contributed by atoms with E-state index in [9.17, 15) is 4.39 Å². The maximum absolute atomic E-state index is 13.6. The molecule has 0 bridgehead atoms. The first-order valence-electron chi connectivity index (χ1n) is 5.17. The molecule has 1 N–H and O–H groups in total. The number of aryl methyl sites for hydroxylation is 1. The van der Waals surface area contributed by atoms with Crippen LogP contribution in [0.2, 0.25) is 0 Å². The number of hydrogen-bond acceptors (Lipinski definition) is 5. The van der Waals surface area contributed by atoms with E-state index in [0.717, 1.165) is 12.3 Å². The molecule has 0 aliphatic carbocycles. The van der Waals surface area contributed by atoms with E-state index in [-0.39, 0.29) is 5.82 Å². The average molecular weight is 259 g/mol. The van der Waals surface area contributed by atoms with Crippen LogP contribution in [0.1, 0.15) is 5.69 Å². The minimum absolute atomic E-state index is 0.323. The van der Waals surface area contributed by atoms with E-state index in [1.165, 1.54) is 17.8 Å². The van der Waals surface area contributed by atoms with Crippen molar-refractivity contribution in [3.8, 4) is 0 Å². The Morgan fingerprint density at radius 2 is 2.38 bits per heavy atom. The van der Waals surface area contributed by atoms with Gasteiger partial charge in [-0.25, -0.2) is 14.4 Å². The van der Waals surface area contributed by atoms with Crippen LogP contribution in [0.4, 0.5) is 10.2 Å². The molecule has 1 aliphatic heterocycles. The molecule has 2 rings (SSSR count). The SMILES string of the molecule is Cc1ncnc(NCC2CSCCS2)c1F. The second-order valence-electron chi connectivity index (χ2n) is 3.57. The van der Waals surface area contributed by atoms with Crippen molar-refractivity contribution < 1.29 is 4.39 Å². The van der Waals surface area contributed by atoms with Crippen molar-refractivity contribution in [2.45, 2.75) is 12.2 Å². The highest BCUT2D eigenvalue weighted by Gasteiger charge is 2.15. The summed E-state index contributed by atoms with van der Waals surface area (Å²) in [5.74, 6) is 3.52. The summed E-state index contributed by atoms with van der Waals surface area (Å²) in [4.78, 5) is 7.71. The molecule has 1 fully saturated rings. The lowest BCUT2D eigenvalue weighted by Crippen LogP contribution is -2.24. The Labute approximate surface area is 103 Å². The third-order valence-electron chi connectivity index (χ3n) is 2.35. The van der Waals surface area contributed by atoms with Gasteiger partial charge < -0.3 is 5.32 Å². The van der Waals surface area contributed by atoms with E-state index in [2.05, 4.69) is 15.3 Å². The van der Waals surface area contributed by atoms with Crippen molar-refractivity contribution in [2.75, 3.05) is 29.1 Å². The zero-order valence-electron chi connectivity index (χ0n) is 9.07. The summed E-state index contributed by atoms with van der Waals surface area (Å²) in [5.41, 5.74) is 0.392. The van der Waals surface area contributed by atoms with Gasteiger partial charge in [0.1, 0.15) is 6.33 Å². The van der Waals surface area contributed by atoms with Crippen molar-refractivity contribution in [3.05, 3.63) is 17.8 Å². The Morgan fingerprint density at radius 1 is 1.50 bits per heavy atom. The number of anilines is 1. The number of rotatable bonds is 3. The standard InChI is InChI=1S/C10H14FN3S2/c1-7-9(11)10(14-6-13-7)12-4-8-5-15-2-3-16-8/h6,8H,2-5H2,1H3,(H,12,13,14). The van der Waals surface area contributed by atoms with Gasteiger partial charge in [-0.1, -0.05) is 0 Å². The Morgan fingerprint density at radius 3 is 3.12 bits per heavy atom. The first kappa shape index (κ1) is 12.0. The molecule has 0 radical (unpaired) electrons. The second-order valence-corrected chi connectivity index (χ2v) is 6.13. The molecule has 0 amide bonds. The molecule has 1 aromatic heterocycles. The highest BCUT2D eigenvalue weighted by Crippen LogP contribution is 2.24. The van der Waals surface area contributed by atoms with Crippen LogP contribution in [0.3, 0.4) is 0 Å². The molecule has 1 atom stereocenters. The molecule has 0 saturated carbocycles. The van der Waals surface area contributed by atoms with Gasteiger partial charge in [0, 0.05) is 29.1 Å². The fourth-order valence-corrected chi connectivity index (χ4v) is 4.06. The normalized spacial score (nSPS) is 20.8. The number of aromatic nitrogens is 2. The fraction of sp³-hybridized carbons (Fsp3) is 0.600. The van der Waals surface area contributed by atoms with E-state index in [1.807, 2.05) is 23.5 Å². The van der Waals surface area contributed by atoms with Crippen LogP contribution in [0.5, 0.6) is 0 Å². The summed E-state index contributed by atoms with van der Waals surface area (Å²) in [6, 6.07) is 0. The maximum Gasteiger partial charge on any atom is 0.186 e. The summed E-state index contributed by atoms with van der Waals surface area (Å²) in [6.45, 7) is 2.42. The van der Waals surface area contributed by atoms with Crippen molar-refractivity contribution in [2.24, 2.45) is 0 Å².